The molecule has 0 aliphatic heterocycles. The average molecular weight is 357 g/mol. The second-order valence-electron chi connectivity index (χ2n) is 5.77. The van der Waals surface area contributed by atoms with Crippen molar-refractivity contribution < 1.29 is 24.2 Å². The fraction of sp³-hybridized carbons (Fsp3) is 0.300. The second kappa shape index (κ2) is 10.1. The van der Waals surface area contributed by atoms with Crippen molar-refractivity contribution in [3.63, 3.8) is 0 Å². The second-order valence-corrected chi connectivity index (χ2v) is 5.77. The summed E-state index contributed by atoms with van der Waals surface area (Å²) >= 11 is 0. The molecule has 2 N–H and O–H groups in total. The maximum atomic E-state index is 11.8. The molecule has 1 amide bonds. The van der Waals surface area contributed by atoms with Crippen LogP contribution in [0.15, 0.2) is 48.5 Å². The number of nitrogens with one attached hydrogen (secondary N) is 1. The number of carbonyl (C=O) groups is 2. The maximum Gasteiger partial charge on any atom is 0.303 e. The Labute approximate surface area is 152 Å². The van der Waals surface area contributed by atoms with Crippen molar-refractivity contribution in [1.82, 2.24) is 5.32 Å². The summed E-state index contributed by atoms with van der Waals surface area (Å²) in [6.45, 7) is 0.472. The first-order chi connectivity index (χ1) is 12.6. The first-order valence-corrected chi connectivity index (χ1v) is 8.40. The lowest BCUT2D eigenvalue weighted by atomic mass is 10.1. The van der Waals surface area contributed by atoms with E-state index in [1.807, 2.05) is 24.3 Å². The zero-order valence-electron chi connectivity index (χ0n) is 14.7. The van der Waals surface area contributed by atoms with Gasteiger partial charge in [-0.2, -0.15) is 0 Å². The Hall–Kier alpha value is -3.02. The molecule has 0 atom stereocenters. The number of ether oxygens (including phenoxy) is 2. The SMILES string of the molecule is COc1ccc(CCNC(=O)COc2ccc(CCC(=O)O)cc2)cc1. The van der Waals surface area contributed by atoms with Gasteiger partial charge in [0.2, 0.25) is 0 Å². The summed E-state index contributed by atoms with van der Waals surface area (Å²) in [6, 6.07) is 14.8. The van der Waals surface area contributed by atoms with Crippen LogP contribution in [-0.4, -0.2) is 37.2 Å². The molecular formula is C20H23NO5. The Morgan fingerprint density at radius 3 is 2.08 bits per heavy atom. The van der Waals surface area contributed by atoms with Crippen molar-refractivity contribution in [2.75, 3.05) is 20.3 Å². The van der Waals surface area contributed by atoms with Gasteiger partial charge in [0.25, 0.3) is 5.91 Å². The van der Waals surface area contributed by atoms with E-state index in [-0.39, 0.29) is 18.9 Å². The van der Waals surface area contributed by atoms with Crippen LogP contribution in [0, 0.1) is 0 Å². The average Bonchev–Trinajstić information content (AvgIpc) is 2.66. The van der Waals surface area contributed by atoms with Gasteiger partial charge in [0.15, 0.2) is 6.61 Å². The third-order valence-electron chi connectivity index (χ3n) is 3.82. The summed E-state index contributed by atoms with van der Waals surface area (Å²) in [4.78, 5) is 22.4. The number of hydrogen-bond donors (Lipinski definition) is 2. The van der Waals surface area contributed by atoms with E-state index in [1.165, 1.54) is 0 Å². The van der Waals surface area contributed by atoms with Crippen molar-refractivity contribution in [3.8, 4) is 11.5 Å². The Balaban J connectivity index is 1.67. The number of carboxylic acid groups (broad SMARTS) is 1. The van der Waals surface area contributed by atoms with E-state index >= 15 is 0 Å². The van der Waals surface area contributed by atoms with Crippen molar-refractivity contribution in [3.05, 3.63) is 59.7 Å². The molecule has 2 aromatic carbocycles. The molecule has 0 spiro atoms. The third-order valence-corrected chi connectivity index (χ3v) is 3.82. The number of hydrogen-bond acceptors (Lipinski definition) is 4. The van der Waals surface area contributed by atoms with Gasteiger partial charge < -0.3 is 19.9 Å². The summed E-state index contributed by atoms with van der Waals surface area (Å²) in [5.74, 6) is 0.375. The third kappa shape index (κ3) is 6.84. The molecule has 26 heavy (non-hydrogen) atoms. The van der Waals surface area contributed by atoms with Gasteiger partial charge in [-0.1, -0.05) is 24.3 Å². The number of aliphatic carboxylic acids is 1. The van der Waals surface area contributed by atoms with Gasteiger partial charge in [-0.15, -0.1) is 0 Å². The van der Waals surface area contributed by atoms with E-state index in [2.05, 4.69) is 5.32 Å². The summed E-state index contributed by atoms with van der Waals surface area (Å²) in [5.41, 5.74) is 2.03. The maximum absolute atomic E-state index is 11.8. The lowest BCUT2D eigenvalue weighted by molar-refractivity contribution is -0.137. The zero-order valence-corrected chi connectivity index (χ0v) is 14.7. The molecule has 0 aliphatic carbocycles. The number of rotatable bonds is 10. The van der Waals surface area contributed by atoms with Crippen LogP contribution >= 0.6 is 0 Å². The molecular weight excluding hydrogens is 334 g/mol. The van der Waals surface area contributed by atoms with E-state index in [9.17, 15) is 9.59 Å². The quantitative estimate of drug-likeness (QED) is 0.682. The van der Waals surface area contributed by atoms with Gasteiger partial charge in [-0.05, 0) is 48.2 Å². The number of amides is 1. The molecule has 0 bridgehead atoms. The van der Waals surface area contributed by atoms with Crippen LogP contribution in [0.4, 0.5) is 0 Å². The number of benzene rings is 2. The minimum absolute atomic E-state index is 0.0584. The summed E-state index contributed by atoms with van der Waals surface area (Å²) in [5, 5.41) is 11.5. The minimum Gasteiger partial charge on any atom is -0.497 e. The lowest BCUT2D eigenvalue weighted by Gasteiger charge is -2.08. The number of methoxy groups -OCH3 is 1. The van der Waals surface area contributed by atoms with Crippen molar-refractivity contribution >= 4 is 11.9 Å². The van der Waals surface area contributed by atoms with Gasteiger partial charge >= 0.3 is 5.97 Å². The highest BCUT2D eigenvalue weighted by atomic mass is 16.5. The van der Waals surface area contributed by atoms with Crippen LogP contribution in [0.5, 0.6) is 11.5 Å². The van der Waals surface area contributed by atoms with Crippen molar-refractivity contribution in [2.24, 2.45) is 0 Å². The van der Waals surface area contributed by atoms with Gasteiger partial charge in [-0.3, -0.25) is 9.59 Å². The van der Waals surface area contributed by atoms with Gasteiger partial charge in [-0.25, -0.2) is 0 Å². The van der Waals surface area contributed by atoms with Crippen molar-refractivity contribution in [1.29, 1.82) is 0 Å². The Morgan fingerprint density at radius 2 is 1.50 bits per heavy atom. The van der Waals surface area contributed by atoms with Crippen LogP contribution in [0.2, 0.25) is 0 Å². The van der Waals surface area contributed by atoms with Gasteiger partial charge in [0.05, 0.1) is 7.11 Å². The number of aryl methyl sites for hydroxylation is 1. The topological polar surface area (TPSA) is 84.9 Å². The first kappa shape index (κ1) is 19.3. The van der Waals surface area contributed by atoms with Gasteiger partial charge in [0, 0.05) is 13.0 Å². The molecule has 0 radical (unpaired) electrons. The Bertz CT molecular complexity index is 710. The largest absolute Gasteiger partial charge is 0.497 e. The molecule has 6 heteroatoms. The molecule has 0 aromatic heterocycles. The zero-order chi connectivity index (χ0) is 18.8. The fourth-order valence-electron chi connectivity index (χ4n) is 2.34. The molecule has 0 saturated carbocycles. The smallest absolute Gasteiger partial charge is 0.303 e. The first-order valence-electron chi connectivity index (χ1n) is 8.40. The highest BCUT2D eigenvalue weighted by molar-refractivity contribution is 5.77. The van der Waals surface area contributed by atoms with E-state index < -0.39 is 5.97 Å². The molecule has 0 saturated heterocycles. The predicted molar refractivity (Wildman–Crippen MR) is 97.6 cm³/mol. The molecule has 6 nitrogen and oxygen atoms in total. The van der Waals surface area contributed by atoms with Crippen LogP contribution in [-0.2, 0) is 22.4 Å². The summed E-state index contributed by atoms with van der Waals surface area (Å²) < 4.78 is 10.5. The summed E-state index contributed by atoms with van der Waals surface area (Å²) in [7, 11) is 1.62. The summed E-state index contributed by atoms with van der Waals surface area (Å²) in [6.07, 6.45) is 1.30. The lowest BCUT2D eigenvalue weighted by Crippen LogP contribution is -2.30. The molecule has 0 fully saturated rings. The molecule has 2 aromatic rings. The molecule has 2 rings (SSSR count). The van der Waals surface area contributed by atoms with Crippen LogP contribution in [0.3, 0.4) is 0 Å². The fourth-order valence-corrected chi connectivity index (χ4v) is 2.34. The Kier molecular flexibility index (Phi) is 7.49. The molecule has 138 valence electrons. The van der Waals surface area contributed by atoms with Crippen LogP contribution in [0.25, 0.3) is 0 Å². The van der Waals surface area contributed by atoms with Gasteiger partial charge in [0.1, 0.15) is 11.5 Å². The number of carbonyl (C=O) groups excluding carboxylic acids is 1. The van der Waals surface area contributed by atoms with E-state index in [1.54, 1.807) is 31.4 Å². The standard InChI is InChI=1S/C20H23NO5/c1-25-17-7-2-16(3-8-17)12-13-21-19(22)14-26-18-9-4-15(5-10-18)6-11-20(23)24/h2-5,7-10H,6,11-14H2,1H3,(H,21,22)(H,23,24). The van der Waals surface area contributed by atoms with Crippen LogP contribution < -0.4 is 14.8 Å². The Morgan fingerprint density at radius 1 is 0.923 bits per heavy atom. The monoisotopic (exact) mass is 357 g/mol. The minimum atomic E-state index is -0.823. The normalized spacial score (nSPS) is 10.2. The molecule has 0 aliphatic rings. The predicted octanol–water partition coefficient (Wildman–Crippen LogP) is 2.45. The van der Waals surface area contributed by atoms with Crippen molar-refractivity contribution in [2.45, 2.75) is 19.3 Å². The highest BCUT2D eigenvalue weighted by Crippen LogP contribution is 2.13. The van der Waals surface area contributed by atoms with E-state index in [4.69, 9.17) is 14.6 Å². The van der Waals surface area contributed by atoms with E-state index in [0.717, 1.165) is 23.3 Å². The van der Waals surface area contributed by atoms with E-state index in [0.29, 0.717) is 18.7 Å². The molecule has 0 unspecified atom stereocenters. The van der Waals surface area contributed by atoms with Crippen LogP contribution in [0.1, 0.15) is 17.5 Å². The number of carboxylic acids is 1. The highest BCUT2D eigenvalue weighted by Gasteiger charge is 2.04. The molecule has 0 heterocycles.